The minimum atomic E-state index is -4.27. The first-order chi connectivity index (χ1) is 6.73. The van der Waals surface area contributed by atoms with E-state index >= 15 is 0 Å². The van der Waals surface area contributed by atoms with E-state index in [1.54, 1.807) is 12.1 Å². The maximum Gasteiger partial charge on any atom is 2.00 e. The number of carbonyl (C=O) groups excluding carboxylic acids is 1. The predicted molar refractivity (Wildman–Crippen MR) is 49.8 cm³/mol. The molecule has 7 heteroatoms. The number of rotatable bonds is 1. The Hall–Kier alpha value is -0.738. The third-order valence-electron chi connectivity index (χ3n) is 1.31. The standard InChI is InChI=1S/C7H8O3S.C2H4O2.Pd/c1-6-2-4-7(5-3-6)11(8,9)10;1-2(3)4;/h2-5H,1H3,(H,8,9,10);1H3,(H,3,4);/q;;+2/p-2. The molecule has 0 saturated heterocycles. The first kappa shape index (κ1) is 17.7. The molecule has 16 heavy (non-hydrogen) atoms. The van der Waals surface area contributed by atoms with Gasteiger partial charge in [-0.15, -0.1) is 0 Å². The molecule has 0 radical (unpaired) electrons. The van der Waals surface area contributed by atoms with Gasteiger partial charge in [-0.2, -0.15) is 0 Å². The van der Waals surface area contributed by atoms with E-state index in [4.69, 9.17) is 9.90 Å². The van der Waals surface area contributed by atoms with Gasteiger partial charge in [0.2, 0.25) is 0 Å². The Morgan fingerprint density at radius 2 is 1.50 bits per heavy atom. The van der Waals surface area contributed by atoms with E-state index in [-0.39, 0.29) is 25.3 Å². The van der Waals surface area contributed by atoms with Gasteiger partial charge in [0, 0.05) is 5.97 Å². The van der Waals surface area contributed by atoms with Gasteiger partial charge in [0.15, 0.2) is 0 Å². The number of carbonyl (C=O) groups is 1. The summed E-state index contributed by atoms with van der Waals surface area (Å²) in [6, 6.07) is 5.78. The number of hydrogen-bond donors (Lipinski definition) is 0. The van der Waals surface area contributed by atoms with Crippen LogP contribution in [0.3, 0.4) is 0 Å². The van der Waals surface area contributed by atoms with Crippen LogP contribution in [0.1, 0.15) is 12.5 Å². The maximum atomic E-state index is 10.4. The summed E-state index contributed by atoms with van der Waals surface area (Å²) in [5.41, 5.74) is 0.928. The molecule has 0 aliphatic rings. The van der Waals surface area contributed by atoms with Crippen LogP contribution in [0.25, 0.3) is 0 Å². The van der Waals surface area contributed by atoms with Gasteiger partial charge in [0.25, 0.3) is 0 Å². The quantitative estimate of drug-likeness (QED) is 0.516. The van der Waals surface area contributed by atoms with Crippen LogP contribution in [-0.2, 0) is 35.3 Å². The molecule has 1 aromatic carbocycles. The van der Waals surface area contributed by atoms with E-state index in [1.807, 2.05) is 6.92 Å². The summed E-state index contributed by atoms with van der Waals surface area (Å²) in [5.74, 6) is -1.08. The van der Waals surface area contributed by atoms with Crippen molar-refractivity contribution in [2.24, 2.45) is 0 Å². The minimum Gasteiger partial charge on any atom is -0.744 e. The molecular formula is C9H10O5PdS. The number of aryl methyl sites for hydroxylation is 1. The molecule has 0 heterocycles. The van der Waals surface area contributed by atoms with Crippen LogP contribution >= 0.6 is 0 Å². The average molecular weight is 337 g/mol. The van der Waals surface area contributed by atoms with Crippen molar-refractivity contribution in [1.82, 2.24) is 0 Å². The molecule has 1 aromatic rings. The summed E-state index contributed by atoms with van der Waals surface area (Å²) in [6.45, 7) is 2.79. The first-order valence-corrected chi connectivity index (χ1v) is 5.34. The average Bonchev–Trinajstić information content (AvgIpc) is 2.01. The molecule has 0 unspecified atom stereocenters. The normalized spacial score (nSPS) is 9.44. The Kier molecular flexibility index (Phi) is 8.30. The largest absolute Gasteiger partial charge is 2.00 e. The smallest absolute Gasteiger partial charge is 0.744 e. The van der Waals surface area contributed by atoms with Gasteiger partial charge in [0.1, 0.15) is 10.1 Å². The molecule has 0 aliphatic heterocycles. The fourth-order valence-corrected chi connectivity index (χ4v) is 1.17. The molecular weight excluding hydrogens is 327 g/mol. The molecule has 0 aromatic heterocycles. The van der Waals surface area contributed by atoms with Crippen LogP contribution in [0.15, 0.2) is 29.2 Å². The Morgan fingerprint density at radius 3 is 1.75 bits per heavy atom. The van der Waals surface area contributed by atoms with E-state index in [0.717, 1.165) is 12.5 Å². The van der Waals surface area contributed by atoms with E-state index < -0.39 is 16.1 Å². The molecule has 0 N–H and O–H groups in total. The zero-order valence-electron chi connectivity index (χ0n) is 8.58. The number of aliphatic carboxylic acids is 1. The van der Waals surface area contributed by atoms with Crippen molar-refractivity contribution in [2.45, 2.75) is 18.7 Å². The Balaban J connectivity index is 0. The van der Waals surface area contributed by atoms with E-state index in [0.29, 0.717) is 0 Å². The van der Waals surface area contributed by atoms with Crippen LogP contribution < -0.4 is 5.11 Å². The third kappa shape index (κ3) is 8.56. The first-order valence-electron chi connectivity index (χ1n) is 3.93. The van der Waals surface area contributed by atoms with Crippen LogP contribution in [0.5, 0.6) is 0 Å². The topological polar surface area (TPSA) is 97.3 Å². The van der Waals surface area contributed by atoms with Crippen LogP contribution in [0.2, 0.25) is 0 Å². The molecule has 0 bridgehead atoms. The number of carboxylic acid groups (broad SMARTS) is 1. The predicted octanol–water partition coefficient (Wildman–Crippen LogP) is -0.347. The van der Waals surface area contributed by atoms with Gasteiger partial charge >= 0.3 is 20.4 Å². The summed E-state index contributed by atoms with van der Waals surface area (Å²) in [6.07, 6.45) is 0. The van der Waals surface area contributed by atoms with Gasteiger partial charge in [-0.25, -0.2) is 8.42 Å². The summed E-state index contributed by atoms with van der Waals surface area (Å²) in [4.78, 5) is 8.71. The van der Waals surface area contributed by atoms with E-state index in [1.165, 1.54) is 12.1 Å². The van der Waals surface area contributed by atoms with Crippen LogP contribution in [0, 0.1) is 6.92 Å². The molecule has 0 fully saturated rings. The van der Waals surface area contributed by atoms with Crippen molar-refractivity contribution < 1.29 is 43.3 Å². The second-order valence-electron chi connectivity index (χ2n) is 2.76. The van der Waals surface area contributed by atoms with Gasteiger partial charge in [-0.3, -0.25) is 0 Å². The number of carboxylic acids is 1. The minimum absolute atomic E-state index is 0. The molecule has 1 rings (SSSR count). The van der Waals surface area contributed by atoms with Gasteiger partial charge < -0.3 is 14.5 Å². The van der Waals surface area contributed by atoms with Crippen molar-refractivity contribution in [3.63, 3.8) is 0 Å². The molecule has 0 spiro atoms. The van der Waals surface area contributed by atoms with Crippen molar-refractivity contribution in [1.29, 1.82) is 0 Å². The molecule has 92 valence electrons. The molecule has 0 atom stereocenters. The molecule has 5 nitrogen and oxygen atoms in total. The van der Waals surface area contributed by atoms with Crippen LogP contribution in [0.4, 0.5) is 0 Å². The molecule has 0 saturated carbocycles. The van der Waals surface area contributed by atoms with E-state index in [2.05, 4.69) is 0 Å². The van der Waals surface area contributed by atoms with Crippen molar-refractivity contribution in [3.05, 3.63) is 29.8 Å². The summed E-state index contributed by atoms with van der Waals surface area (Å²) in [7, 11) is -4.27. The van der Waals surface area contributed by atoms with Gasteiger partial charge in [0.05, 0.1) is 4.90 Å². The molecule has 0 aliphatic carbocycles. The summed E-state index contributed by atoms with van der Waals surface area (Å²) in [5, 5.41) is 8.89. The number of benzene rings is 1. The Morgan fingerprint density at radius 1 is 1.19 bits per heavy atom. The fourth-order valence-electron chi connectivity index (χ4n) is 0.705. The molecule has 0 amide bonds. The summed E-state index contributed by atoms with van der Waals surface area (Å²) >= 11 is 0. The second-order valence-corrected chi connectivity index (χ2v) is 4.14. The van der Waals surface area contributed by atoms with Crippen molar-refractivity contribution >= 4 is 16.1 Å². The van der Waals surface area contributed by atoms with Crippen molar-refractivity contribution in [3.8, 4) is 0 Å². The SMILES string of the molecule is CC(=O)[O-].Cc1ccc(S(=O)(=O)[O-])cc1.[Pd+2]. The second kappa shape index (κ2) is 7.52. The van der Waals surface area contributed by atoms with Gasteiger partial charge in [-0.1, -0.05) is 17.7 Å². The zero-order chi connectivity index (χ0) is 12.1. The monoisotopic (exact) mass is 336 g/mol. The third-order valence-corrected chi connectivity index (χ3v) is 2.16. The zero-order valence-corrected chi connectivity index (χ0v) is 10.9. The Labute approximate surface area is 108 Å². The Bertz CT molecular complexity index is 420. The van der Waals surface area contributed by atoms with Crippen molar-refractivity contribution in [2.75, 3.05) is 0 Å². The van der Waals surface area contributed by atoms with Gasteiger partial charge in [-0.05, 0) is 26.0 Å². The number of hydrogen-bond acceptors (Lipinski definition) is 5. The van der Waals surface area contributed by atoms with E-state index in [9.17, 15) is 13.0 Å². The maximum absolute atomic E-state index is 10.4. The summed E-state index contributed by atoms with van der Waals surface area (Å²) < 4.78 is 31.2. The van der Waals surface area contributed by atoms with Crippen LogP contribution in [-0.4, -0.2) is 18.9 Å². The fraction of sp³-hybridized carbons (Fsp3) is 0.222.